The standard InChI is InChI=1S/C11H8FI/c1-7-4-8-2-3-10(13)5-9(8)6-11(7)12/h2-6H,1H3. The average Bonchev–Trinajstić information content (AvgIpc) is 2.08. The Balaban J connectivity index is 2.81. The second-order valence-corrected chi connectivity index (χ2v) is 4.34. The Morgan fingerprint density at radius 1 is 1.08 bits per heavy atom. The monoisotopic (exact) mass is 286 g/mol. The van der Waals surface area contributed by atoms with Gasteiger partial charge in [-0.1, -0.05) is 6.07 Å². The minimum atomic E-state index is -0.130. The van der Waals surface area contributed by atoms with Crippen LogP contribution in [0.15, 0.2) is 30.3 Å². The van der Waals surface area contributed by atoms with Crippen LogP contribution >= 0.6 is 22.6 Å². The molecule has 13 heavy (non-hydrogen) atoms. The van der Waals surface area contributed by atoms with E-state index in [-0.39, 0.29) is 5.82 Å². The highest BCUT2D eigenvalue weighted by Gasteiger charge is 2.00. The molecule has 0 unspecified atom stereocenters. The van der Waals surface area contributed by atoms with Crippen LogP contribution in [-0.2, 0) is 0 Å². The quantitative estimate of drug-likeness (QED) is 0.644. The van der Waals surface area contributed by atoms with Crippen LogP contribution < -0.4 is 0 Å². The summed E-state index contributed by atoms with van der Waals surface area (Å²) in [7, 11) is 0. The Kier molecular flexibility index (Phi) is 2.24. The predicted octanol–water partition coefficient (Wildman–Crippen LogP) is 3.89. The molecule has 0 aliphatic heterocycles. The fourth-order valence-electron chi connectivity index (χ4n) is 1.35. The fourth-order valence-corrected chi connectivity index (χ4v) is 1.87. The lowest BCUT2D eigenvalue weighted by Crippen LogP contribution is -1.83. The van der Waals surface area contributed by atoms with Gasteiger partial charge < -0.3 is 0 Å². The first-order chi connectivity index (χ1) is 6.16. The van der Waals surface area contributed by atoms with E-state index in [2.05, 4.69) is 22.6 Å². The number of benzene rings is 2. The van der Waals surface area contributed by atoms with Gasteiger partial charge in [-0.05, 0) is 70.1 Å². The molecule has 0 aromatic heterocycles. The number of rotatable bonds is 0. The van der Waals surface area contributed by atoms with Gasteiger partial charge in [0.25, 0.3) is 0 Å². The molecule has 0 amide bonds. The van der Waals surface area contributed by atoms with E-state index >= 15 is 0 Å². The summed E-state index contributed by atoms with van der Waals surface area (Å²) in [6, 6.07) is 9.50. The summed E-state index contributed by atoms with van der Waals surface area (Å²) in [5.41, 5.74) is 0.703. The van der Waals surface area contributed by atoms with Crippen LogP contribution in [0, 0.1) is 16.3 Å². The second-order valence-electron chi connectivity index (χ2n) is 3.09. The molecular weight excluding hydrogens is 278 g/mol. The average molecular weight is 286 g/mol. The summed E-state index contributed by atoms with van der Waals surface area (Å²) >= 11 is 2.23. The van der Waals surface area contributed by atoms with Crippen molar-refractivity contribution in [3.05, 3.63) is 45.3 Å². The van der Waals surface area contributed by atoms with Crippen molar-refractivity contribution in [3.63, 3.8) is 0 Å². The van der Waals surface area contributed by atoms with Crippen molar-refractivity contribution in [2.75, 3.05) is 0 Å². The van der Waals surface area contributed by atoms with Crippen molar-refractivity contribution in [1.29, 1.82) is 0 Å². The molecule has 0 spiro atoms. The minimum Gasteiger partial charge on any atom is -0.207 e. The summed E-state index contributed by atoms with van der Waals surface area (Å²) in [4.78, 5) is 0. The summed E-state index contributed by atoms with van der Waals surface area (Å²) < 4.78 is 14.3. The van der Waals surface area contributed by atoms with Crippen LogP contribution in [0.4, 0.5) is 4.39 Å². The highest BCUT2D eigenvalue weighted by atomic mass is 127. The molecule has 2 heteroatoms. The maximum absolute atomic E-state index is 13.2. The van der Waals surface area contributed by atoms with E-state index < -0.39 is 0 Å². The molecule has 0 N–H and O–H groups in total. The summed E-state index contributed by atoms with van der Waals surface area (Å²) in [5, 5.41) is 2.06. The lowest BCUT2D eigenvalue weighted by Gasteiger charge is -2.01. The summed E-state index contributed by atoms with van der Waals surface area (Å²) in [5.74, 6) is -0.130. The zero-order chi connectivity index (χ0) is 9.42. The van der Waals surface area contributed by atoms with Gasteiger partial charge in [-0.15, -0.1) is 0 Å². The van der Waals surface area contributed by atoms with Gasteiger partial charge in [-0.3, -0.25) is 0 Å². The largest absolute Gasteiger partial charge is 0.207 e. The Labute approximate surface area is 89.9 Å². The van der Waals surface area contributed by atoms with Gasteiger partial charge in [0.15, 0.2) is 0 Å². The highest BCUT2D eigenvalue weighted by molar-refractivity contribution is 14.1. The van der Waals surface area contributed by atoms with E-state index in [9.17, 15) is 4.39 Å². The van der Waals surface area contributed by atoms with Crippen LogP contribution in [0.2, 0.25) is 0 Å². The van der Waals surface area contributed by atoms with Crippen molar-refractivity contribution in [2.24, 2.45) is 0 Å². The van der Waals surface area contributed by atoms with E-state index in [1.54, 1.807) is 13.0 Å². The lowest BCUT2D eigenvalue weighted by molar-refractivity contribution is 0.620. The summed E-state index contributed by atoms with van der Waals surface area (Å²) in [6.45, 7) is 1.78. The highest BCUT2D eigenvalue weighted by Crippen LogP contribution is 2.20. The van der Waals surface area contributed by atoms with Gasteiger partial charge in [-0.2, -0.15) is 0 Å². The maximum Gasteiger partial charge on any atom is 0.126 e. The first-order valence-corrected chi connectivity index (χ1v) is 5.10. The van der Waals surface area contributed by atoms with Gasteiger partial charge >= 0.3 is 0 Å². The van der Waals surface area contributed by atoms with Crippen molar-refractivity contribution >= 4 is 33.4 Å². The number of hydrogen-bond acceptors (Lipinski definition) is 0. The van der Waals surface area contributed by atoms with Gasteiger partial charge in [0.1, 0.15) is 5.82 Å². The van der Waals surface area contributed by atoms with E-state index in [0.717, 1.165) is 14.3 Å². The van der Waals surface area contributed by atoms with Gasteiger partial charge in [-0.25, -0.2) is 4.39 Å². The topological polar surface area (TPSA) is 0 Å². The Morgan fingerprint density at radius 2 is 1.85 bits per heavy atom. The molecule has 0 aliphatic rings. The number of aryl methyl sites for hydroxylation is 1. The SMILES string of the molecule is Cc1cc2ccc(I)cc2cc1F. The number of halogens is 2. The molecule has 0 fully saturated rings. The molecule has 66 valence electrons. The van der Waals surface area contributed by atoms with Crippen molar-refractivity contribution in [1.82, 2.24) is 0 Å². The van der Waals surface area contributed by atoms with E-state index in [1.165, 1.54) is 0 Å². The smallest absolute Gasteiger partial charge is 0.126 e. The molecule has 2 aromatic carbocycles. The van der Waals surface area contributed by atoms with Gasteiger partial charge in [0.05, 0.1) is 0 Å². The van der Waals surface area contributed by atoms with Crippen LogP contribution in [-0.4, -0.2) is 0 Å². The molecular formula is C11H8FI. The lowest BCUT2D eigenvalue weighted by atomic mass is 10.1. The second kappa shape index (κ2) is 3.25. The van der Waals surface area contributed by atoms with E-state index in [4.69, 9.17) is 0 Å². The number of fused-ring (bicyclic) bond motifs is 1. The normalized spacial score (nSPS) is 10.7. The summed E-state index contributed by atoms with van der Waals surface area (Å²) in [6.07, 6.45) is 0. The van der Waals surface area contributed by atoms with E-state index in [1.807, 2.05) is 24.3 Å². The molecule has 0 aliphatic carbocycles. The zero-order valence-corrected chi connectivity index (χ0v) is 9.30. The zero-order valence-electron chi connectivity index (χ0n) is 7.14. The fraction of sp³-hybridized carbons (Fsp3) is 0.0909. The molecule has 0 saturated heterocycles. The molecule has 0 bridgehead atoms. The maximum atomic E-state index is 13.2. The predicted molar refractivity (Wildman–Crippen MR) is 61.4 cm³/mol. The molecule has 2 rings (SSSR count). The van der Waals surface area contributed by atoms with Crippen LogP contribution in [0.3, 0.4) is 0 Å². The third-order valence-corrected chi connectivity index (χ3v) is 2.75. The van der Waals surface area contributed by atoms with Crippen LogP contribution in [0.1, 0.15) is 5.56 Å². The van der Waals surface area contributed by atoms with Crippen LogP contribution in [0.5, 0.6) is 0 Å². The Bertz CT molecular complexity index is 463. The number of hydrogen-bond donors (Lipinski definition) is 0. The molecule has 0 radical (unpaired) electrons. The van der Waals surface area contributed by atoms with Crippen LogP contribution in [0.25, 0.3) is 10.8 Å². The van der Waals surface area contributed by atoms with Gasteiger partial charge in [0, 0.05) is 3.57 Å². The Hall–Kier alpha value is -0.640. The molecule has 0 nitrogen and oxygen atoms in total. The third kappa shape index (κ3) is 1.68. The molecule has 2 aromatic rings. The van der Waals surface area contributed by atoms with Crippen molar-refractivity contribution in [3.8, 4) is 0 Å². The molecule has 0 heterocycles. The van der Waals surface area contributed by atoms with Crippen molar-refractivity contribution < 1.29 is 4.39 Å². The third-order valence-electron chi connectivity index (χ3n) is 2.08. The van der Waals surface area contributed by atoms with Crippen molar-refractivity contribution in [2.45, 2.75) is 6.92 Å². The minimum absolute atomic E-state index is 0.130. The molecule has 0 saturated carbocycles. The molecule has 0 atom stereocenters. The van der Waals surface area contributed by atoms with E-state index in [0.29, 0.717) is 5.56 Å². The first kappa shape index (κ1) is 8.94. The first-order valence-electron chi connectivity index (χ1n) is 4.02. The van der Waals surface area contributed by atoms with Gasteiger partial charge in [0.2, 0.25) is 0 Å². The Morgan fingerprint density at radius 3 is 2.62 bits per heavy atom.